The lowest BCUT2D eigenvalue weighted by Gasteiger charge is -2.29. The van der Waals surface area contributed by atoms with Crippen LogP contribution in [0.3, 0.4) is 0 Å². The fourth-order valence-corrected chi connectivity index (χ4v) is 5.60. The molecule has 12 heteroatoms. The second-order valence-electron chi connectivity index (χ2n) is 5.20. The van der Waals surface area contributed by atoms with Crippen LogP contribution < -0.4 is 0 Å². The first-order valence-electron chi connectivity index (χ1n) is 6.84. The van der Waals surface area contributed by atoms with Crippen molar-refractivity contribution in [2.24, 2.45) is 0 Å². The highest BCUT2D eigenvalue weighted by atomic mass is 35.5. The summed E-state index contributed by atoms with van der Waals surface area (Å²) in [5, 5.41) is 6.41. The van der Waals surface area contributed by atoms with Gasteiger partial charge in [0, 0.05) is 13.1 Å². The van der Waals surface area contributed by atoms with Gasteiger partial charge in [0.25, 0.3) is 10.0 Å². The molecule has 2 aromatic heterocycles. The Morgan fingerprint density at radius 1 is 1.33 bits per heavy atom. The van der Waals surface area contributed by atoms with Gasteiger partial charge in [-0.2, -0.15) is 17.5 Å². The molecule has 1 atom stereocenters. The van der Waals surface area contributed by atoms with E-state index < -0.39 is 28.0 Å². The number of halogens is 4. The minimum absolute atomic E-state index is 0.0165. The average molecular weight is 402 g/mol. The first kappa shape index (κ1) is 17.6. The summed E-state index contributed by atoms with van der Waals surface area (Å²) in [4.78, 5) is 0. The van der Waals surface area contributed by atoms with Crippen molar-refractivity contribution in [1.82, 2.24) is 14.5 Å². The van der Waals surface area contributed by atoms with Gasteiger partial charge in [0.2, 0.25) is 5.89 Å². The molecule has 0 aromatic carbocycles. The normalized spacial score (nSPS) is 20.4. The number of nitrogens with zero attached hydrogens (tertiary/aromatic N) is 3. The molecule has 1 saturated heterocycles. The first-order valence-corrected chi connectivity index (χ1v) is 9.47. The summed E-state index contributed by atoms with van der Waals surface area (Å²) >= 11 is 6.70. The van der Waals surface area contributed by atoms with Crippen LogP contribution in [0.25, 0.3) is 0 Å². The van der Waals surface area contributed by atoms with E-state index in [-0.39, 0.29) is 23.2 Å². The maximum atomic E-state index is 12.6. The number of rotatable bonds is 3. The van der Waals surface area contributed by atoms with Crippen LogP contribution in [0.5, 0.6) is 0 Å². The zero-order valence-electron chi connectivity index (χ0n) is 12.0. The zero-order chi connectivity index (χ0) is 17.5. The summed E-state index contributed by atoms with van der Waals surface area (Å²) in [5.41, 5.74) is 0. The molecule has 132 valence electrons. The van der Waals surface area contributed by atoms with Crippen molar-refractivity contribution in [2.45, 2.75) is 29.1 Å². The minimum Gasteiger partial charge on any atom is -0.417 e. The standard InChI is InChI=1S/C12H11ClF3N3O3S2/c13-8-3-4-9(23-8)24(20,21)19-5-1-2-7(6-19)10-17-18-11(22-10)12(14,15)16/h3-4,7H,1-2,5-6H2/t7-/m0/s1. The maximum Gasteiger partial charge on any atom is 0.470 e. The van der Waals surface area contributed by atoms with E-state index in [0.29, 0.717) is 17.2 Å². The van der Waals surface area contributed by atoms with Gasteiger partial charge in [-0.3, -0.25) is 0 Å². The van der Waals surface area contributed by atoms with E-state index in [2.05, 4.69) is 14.6 Å². The fraction of sp³-hybridized carbons (Fsp3) is 0.500. The second-order valence-corrected chi connectivity index (χ2v) is 9.08. The molecule has 0 radical (unpaired) electrons. The molecule has 3 heterocycles. The summed E-state index contributed by atoms with van der Waals surface area (Å²) in [7, 11) is -3.75. The van der Waals surface area contributed by atoms with Crippen LogP contribution in [-0.4, -0.2) is 36.0 Å². The predicted octanol–water partition coefficient (Wildman–Crippen LogP) is 3.37. The van der Waals surface area contributed by atoms with Crippen molar-refractivity contribution in [2.75, 3.05) is 13.1 Å². The highest BCUT2D eigenvalue weighted by molar-refractivity contribution is 7.91. The number of alkyl halides is 3. The molecule has 0 saturated carbocycles. The van der Waals surface area contributed by atoms with Gasteiger partial charge >= 0.3 is 12.1 Å². The van der Waals surface area contributed by atoms with Crippen molar-refractivity contribution in [3.05, 3.63) is 28.3 Å². The van der Waals surface area contributed by atoms with Crippen LogP contribution in [0, 0.1) is 0 Å². The summed E-state index contributed by atoms with van der Waals surface area (Å²) in [6.45, 7) is 0.256. The largest absolute Gasteiger partial charge is 0.470 e. The molecule has 0 amide bonds. The third-order valence-electron chi connectivity index (χ3n) is 3.56. The second kappa shape index (κ2) is 6.28. The Kier molecular flexibility index (Phi) is 4.62. The van der Waals surface area contributed by atoms with Gasteiger partial charge in [-0.1, -0.05) is 11.6 Å². The van der Waals surface area contributed by atoms with E-state index in [0.717, 1.165) is 11.3 Å². The molecule has 3 rings (SSSR count). The van der Waals surface area contributed by atoms with E-state index >= 15 is 0 Å². The Morgan fingerprint density at radius 3 is 2.67 bits per heavy atom. The van der Waals surface area contributed by atoms with E-state index in [1.807, 2.05) is 0 Å². The summed E-state index contributed by atoms with van der Waals surface area (Å²) in [6, 6.07) is 2.88. The van der Waals surface area contributed by atoms with Crippen LogP contribution in [0.15, 0.2) is 20.8 Å². The molecule has 0 N–H and O–H groups in total. The quantitative estimate of drug-likeness (QED) is 0.788. The van der Waals surface area contributed by atoms with Crippen molar-refractivity contribution < 1.29 is 26.0 Å². The molecule has 1 aliphatic rings. The fourth-order valence-electron chi connectivity index (χ4n) is 2.44. The molecule has 1 fully saturated rings. The Bertz CT molecular complexity index is 834. The van der Waals surface area contributed by atoms with E-state index in [9.17, 15) is 21.6 Å². The van der Waals surface area contributed by atoms with E-state index in [1.165, 1.54) is 16.4 Å². The van der Waals surface area contributed by atoms with E-state index in [1.54, 1.807) is 0 Å². The number of aromatic nitrogens is 2. The smallest absolute Gasteiger partial charge is 0.417 e. The van der Waals surface area contributed by atoms with Crippen molar-refractivity contribution in [3.8, 4) is 0 Å². The SMILES string of the molecule is O=S(=O)(c1ccc(Cl)s1)N1CCC[C@H](c2nnc(C(F)(F)F)o2)C1. The number of hydrogen-bond donors (Lipinski definition) is 0. The van der Waals surface area contributed by atoms with Crippen LogP contribution >= 0.6 is 22.9 Å². The average Bonchev–Trinajstić information content (AvgIpc) is 3.16. The number of piperidine rings is 1. The van der Waals surface area contributed by atoms with Crippen molar-refractivity contribution >= 4 is 33.0 Å². The maximum absolute atomic E-state index is 12.6. The molecule has 6 nitrogen and oxygen atoms in total. The van der Waals surface area contributed by atoms with Gasteiger partial charge in [-0.05, 0) is 25.0 Å². The van der Waals surface area contributed by atoms with Crippen molar-refractivity contribution in [1.29, 1.82) is 0 Å². The predicted molar refractivity (Wildman–Crippen MR) is 79.4 cm³/mol. The third kappa shape index (κ3) is 3.44. The van der Waals surface area contributed by atoms with Gasteiger partial charge in [-0.15, -0.1) is 21.5 Å². The monoisotopic (exact) mass is 401 g/mol. The molecule has 0 aliphatic carbocycles. The molecule has 0 spiro atoms. The van der Waals surface area contributed by atoms with Gasteiger partial charge in [-0.25, -0.2) is 8.42 Å². The Hall–Kier alpha value is -1.17. The molecular weight excluding hydrogens is 391 g/mol. The topological polar surface area (TPSA) is 76.3 Å². The summed E-state index contributed by atoms with van der Waals surface area (Å²) in [6.07, 6.45) is -3.77. The zero-order valence-corrected chi connectivity index (χ0v) is 14.3. The lowest BCUT2D eigenvalue weighted by molar-refractivity contribution is -0.157. The van der Waals surface area contributed by atoms with Crippen LogP contribution in [0.2, 0.25) is 4.34 Å². The Morgan fingerprint density at radius 2 is 2.08 bits per heavy atom. The minimum atomic E-state index is -4.72. The third-order valence-corrected chi connectivity index (χ3v) is 7.12. The summed E-state index contributed by atoms with van der Waals surface area (Å²) < 4.78 is 69.1. The summed E-state index contributed by atoms with van der Waals surface area (Å²) in [5.74, 6) is -2.21. The molecule has 0 bridgehead atoms. The Balaban J connectivity index is 1.81. The van der Waals surface area contributed by atoms with Gasteiger partial charge in [0.15, 0.2) is 0 Å². The number of sulfonamides is 1. The van der Waals surface area contributed by atoms with Gasteiger partial charge in [0.1, 0.15) is 4.21 Å². The lowest BCUT2D eigenvalue weighted by atomic mass is 10.00. The molecule has 2 aromatic rings. The number of hydrogen-bond acceptors (Lipinski definition) is 6. The molecule has 1 aliphatic heterocycles. The Labute approximate surface area is 144 Å². The molecule has 0 unspecified atom stereocenters. The lowest BCUT2D eigenvalue weighted by Crippen LogP contribution is -2.38. The van der Waals surface area contributed by atoms with Crippen LogP contribution in [0.1, 0.15) is 30.5 Å². The highest BCUT2D eigenvalue weighted by Crippen LogP contribution is 2.35. The molecular formula is C12H11ClF3N3O3S2. The van der Waals surface area contributed by atoms with Gasteiger partial charge in [0.05, 0.1) is 10.3 Å². The number of thiophene rings is 1. The van der Waals surface area contributed by atoms with Gasteiger partial charge < -0.3 is 4.42 Å². The van der Waals surface area contributed by atoms with Crippen LogP contribution in [0.4, 0.5) is 13.2 Å². The van der Waals surface area contributed by atoms with Crippen molar-refractivity contribution in [3.63, 3.8) is 0 Å². The van der Waals surface area contributed by atoms with E-state index in [4.69, 9.17) is 11.6 Å². The van der Waals surface area contributed by atoms with Crippen LogP contribution in [-0.2, 0) is 16.2 Å². The molecule has 24 heavy (non-hydrogen) atoms. The first-order chi connectivity index (χ1) is 11.2. The highest BCUT2D eigenvalue weighted by Gasteiger charge is 2.40.